The van der Waals surface area contributed by atoms with Crippen molar-refractivity contribution in [3.63, 3.8) is 0 Å². The molecule has 0 radical (unpaired) electrons. The van der Waals surface area contributed by atoms with Crippen LogP contribution in [0.3, 0.4) is 0 Å². The van der Waals surface area contributed by atoms with Crippen molar-refractivity contribution in [1.29, 1.82) is 0 Å². The van der Waals surface area contributed by atoms with Crippen LogP contribution in [0.15, 0.2) is 18.2 Å². The fourth-order valence-electron chi connectivity index (χ4n) is 3.01. The van der Waals surface area contributed by atoms with Crippen molar-refractivity contribution < 1.29 is 32.4 Å². The Morgan fingerprint density at radius 2 is 1.97 bits per heavy atom. The van der Waals surface area contributed by atoms with Gasteiger partial charge in [0.15, 0.2) is 6.10 Å². The first kappa shape index (κ1) is 22.4. The number of nitro benzene ring substituents is 1. The number of hydrogen-bond donors (Lipinski definition) is 2. The lowest BCUT2D eigenvalue weighted by molar-refractivity contribution is -0.384. The molecule has 29 heavy (non-hydrogen) atoms. The number of nitrogens with one attached hydrogen (secondary N) is 2. The Morgan fingerprint density at radius 1 is 1.31 bits per heavy atom. The zero-order valence-corrected chi connectivity index (χ0v) is 15.8. The molecule has 11 heteroatoms. The second-order valence-corrected chi connectivity index (χ2v) is 6.79. The number of alkyl halides is 3. The van der Waals surface area contributed by atoms with Crippen molar-refractivity contribution in [1.82, 2.24) is 5.32 Å². The minimum absolute atomic E-state index is 0.0885. The van der Waals surface area contributed by atoms with E-state index in [0.717, 1.165) is 31.7 Å². The molecule has 8 nitrogen and oxygen atoms in total. The Kier molecular flexibility index (Phi) is 7.40. The van der Waals surface area contributed by atoms with Crippen LogP contribution in [0.4, 0.5) is 24.5 Å². The number of benzene rings is 1. The topological polar surface area (TPSA) is 111 Å². The number of amides is 1. The van der Waals surface area contributed by atoms with E-state index < -0.39 is 40.3 Å². The molecule has 0 bridgehead atoms. The van der Waals surface area contributed by atoms with E-state index in [0.29, 0.717) is 12.1 Å². The third-order valence-electron chi connectivity index (χ3n) is 4.55. The number of anilines is 1. The average molecular weight is 417 g/mol. The van der Waals surface area contributed by atoms with E-state index in [1.165, 1.54) is 6.92 Å². The van der Waals surface area contributed by atoms with E-state index in [-0.39, 0.29) is 24.7 Å². The number of ether oxygens (including phenoxy) is 1. The first-order valence-electron chi connectivity index (χ1n) is 9.17. The van der Waals surface area contributed by atoms with E-state index in [1.54, 1.807) is 0 Å². The average Bonchev–Trinajstić information content (AvgIpc) is 3.13. The van der Waals surface area contributed by atoms with Gasteiger partial charge in [0, 0.05) is 18.7 Å². The summed E-state index contributed by atoms with van der Waals surface area (Å²) in [5, 5.41) is 16.4. The van der Waals surface area contributed by atoms with Crippen molar-refractivity contribution in [2.24, 2.45) is 0 Å². The van der Waals surface area contributed by atoms with Crippen LogP contribution in [-0.4, -0.2) is 35.5 Å². The van der Waals surface area contributed by atoms with Crippen LogP contribution >= 0.6 is 0 Å². The molecule has 1 aromatic carbocycles. The van der Waals surface area contributed by atoms with Gasteiger partial charge in [0.2, 0.25) is 0 Å². The quantitative estimate of drug-likeness (QED) is 0.381. The molecule has 160 valence electrons. The van der Waals surface area contributed by atoms with E-state index in [4.69, 9.17) is 4.74 Å². The van der Waals surface area contributed by atoms with Crippen molar-refractivity contribution in [2.75, 3.05) is 11.9 Å². The van der Waals surface area contributed by atoms with Gasteiger partial charge in [0.25, 0.3) is 11.6 Å². The number of carbonyl (C=O) groups excluding carboxylic acids is 2. The van der Waals surface area contributed by atoms with Crippen molar-refractivity contribution >= 4 is 23.3 Å². The van der Waals surface area contributed by atoms with Gasteiger partial charge >= 0.3 is 12.1 Å². The molecule has 0 saturated heterocycles. The first-order chi connectivity index (χ1) is 13.6. The summed E-state index contributed by atoms with van der Waals surface area (Å²) in [6.45, 7) is 1.33. The van der Waals surface area contributed by atoms with Gasteiger partial charge in [-0.1, -0.05) is 12.8 Å². The molecule has 1 aliphatic rings. The molecule has 1 saturated carbocycles. The number of nitrogens with zero attached hydrogens (tertiary/aromatic N) is 1. The fourth-order valence-corrected chi connectivity index (χ4v) is 3.01. The summed E-state index contributed by atoms with van der Waals surface area (Å²) in [6, 6.07) is 2.16. The van der Waals surface area contributed by atoms with Gasteiger partial charge in [-0.15, -0.1) is 0 Å². The summed E-state index contributed by atoms with van der Waals surface area (Å²) in [4.78, 5) is 33.9. The fraction of sp³-hybridized carbons (Fsp3) is 0.556. The molecule has 0 heterocycles. The van der Waals surface area contributed by atoms with Gasteiger partial charge in [-0.25, -0.2) is 0 Å². The molecule has 0 aromatic heterocycles. The van der Waals surface area contributed by atoms with Crippen LogP contribution in [0, 0.1) is 10.1 Å². The van der Waals surface area contributed by atoms with Crippen LogP contribution in [0.5, 0.6) is 0 Å². The van der Waals surface area contributed by atoms with Crippen LogP contribution in [0.2, 0.25) is 0 Å². The number of halogens is 3. The third-order valence-corrected chi connectivity index (χ3v) is 4.55. The normalized spacial score (nSPS) is 15.6. The van der Waals surface area contributed by atoms with Gasteiger partial charge in [-0.05, 0) is 31.9 Å². The van der Waals surface area contributed by atoms with Gasteiger partial charge in [-0.3, -0.25) is 19.7 Å². The largest absolute Gasteiger partial charge is 0.452 e. The molecule has 1 atom stereocenters. The smallest absolute Gasteiger partial charge is 0.416 e. The lowest BCUT2D eigenvalue weighted by atomic mass is 10.1. The Balaban J connectivity index is 1.84. The highest BCUT2D eigenvalue weighted by Gasteiger charge is 2.33. The number of nitro groups is 1. The number of hydrogen-bond acceptors (Lipinski definition) is 6. The molecule has 2 rings (SSSR count). The predicted molar refractivity (Wildman–Crippen MR) is 97.2 cm³/mol. The highest BCUT2D eigenvalue weighted by Crippen LogP contribution is 2.34. The second-order valence-electron chi connectivity index (χ2n) is 6.79. The molecule has 2 N–H and O–H groups in total. The Morgan fingerprint density at radius 3 is 2.55 bits per heavy atom. The highest BCUT2D eigenvalue weighted by molar-refractivity contribution is 5.83. The van der Waals surface area contributed by atoms with Gasteiger partial charge in [0.1, 0.15) is 5.69 Å². The molecule has 1 fully saturated rings. The highest BCUT2D eigenvalue weighted by atomic mass is 19.4. The summed E-state index contributed by atoms with van der Waals surface area (Å²) in [5.41, 5.74) is -2.04. The number of carbonyl (C=O) groups is 2. The number of rotatable bonds is 8. The van der Waals surface area contributed by atoms with Crippen LogP contribution < -0.4 is 10.6 Å². The zero-order chi connectivity index (χ0) is 21.6. The van der Waals surface area contributed by atoms with Crippen molar-refractivity contribution in [2.45, 2.75) is 57.3 Å². The second kappa shape index (κ2) is 9.57. The van der Waals surface area contributed by atoms with Gasteiger partial charge in [0.05, 0.1) is 16.9 Å². The van der Waals surface area contributed by atoms with E-state index in [1.807, 2.05) is 0 Å². The minimum atomic E-state index is -4.71. The Hall–Kier alpha value is -2.85. The lowest BCUT2D eigenvalue weighted by Gasteiger charge is -2.17. The van der Waals surface area contributed by atoms with E-state index in [9.17, 15) is 32.9 Å². The Labute approximate surface area is 164 Å². The van der Waals surface area contributed by atoms with Crippen LogP contribution in [-0.2, 0) is 20.5 Å². The summed E-state index contributed by atoms with van der Waals surface area (Å²) >= 11 is 0. The molecule has 1 aliphatic carbocycles. The molecular weight excluding hydrogens is 395 g/mol. The standard InChI is InChI=1S/C18H22F3N3O5/c1-11(17(26)23-13-4-2-3-5-13)29-16(25)8-9-22-14-7-6-12(18(19,20)21)10-15(14)24(27)28/h6-7,10-11,13,22H,2-5,8-9H2,1H3,(H,23,26)/t11-/m0/s1. The molecule has 0 aliphatic heterocycles. The summed E-state index contributed by atoms with van der Waals surface area (Å²) in [6.07, 6.45) is -2.04. The zero-order valence-electron chi connectivity index (χ0n) is 15.8. The third kappa shape index (κ3) is 6.61. The molecule has 1 amide bonds. The van der Waals surface area contributed by atoms with E-state index in [2.05, 4.69) is 10.6 Å². The summed E-state index contributed by atoms with van der Waals surface area (Å²) < 4.78 is 43.1. The molecular formula is C18H22F3N3O5. The maximum atomic E-state index is 12.7. The van der Waals surface area contributed by atoms with Crippen molar-refractivity contribution in [3.05, 3.63) is 33.9 Å². The lowest BCUT2D eigenvalue weighted by Crippen LogP contribution is -2.41. The van der Waals surface area contributed by atoms with Gasteiger partial charge in [-0.2, -0.15) is 13.2 Å². The molecule has 0 spiro atoms. The minimum Gasteiger partial charge on any atom is -0.452 e. The van der Waals surface area contributed by atoms with Crippen LogP contribution in [0.25, 0.3) is 0 Å². The van der Waals surface area contributed by atoms with Crippen LogP contribution in [0.1, 0.15) is 44.6 Å². The summed E-state index contributed by atoms with van der Waals surface area (Å²) in [7, 11) is 0. The monoisotopic (exact) mass is 417 g/mol. The maximum Gasteiger partial charge on any atom is 0.416 e. The summed E-state index contributed by atoms with van der Waals surface area (Å²) in [5.74, 6) is -1.10. The van der Waals surface area contributed by atoms with E-state index >= 15 is 0 Å². The number of esters is 1. The first-order valence-corrected chi connectivity index (χ1v) is 9.17. The van der Waals surface area contributed by atoms with Crippen molar-refractivity contribution in [3.8, 4) is 0 Å². The molecule has 1 aromatic rings. The van der Waals surface area contributed by atoms with Gasteiger partial charge < -0.3 is 15.4 Å². The molecule has 0 unspecified atom stereocenters. The maximum absolute atomic E-state index is 12.7. The predicted octanol–water partition coefficient (Wildman–Crippen LogP) is 3.41. The Bertz CT molecular complexity index is 764. The SMILES string of the molecule is C[C@H](OC(=O)CCNc1ccc(C(F)(F)F)cc1[N+](=O)[O-])C(=O)NC1CCCC1.